The maximum Gasteiger partial charge on any atom is 0.0449 e. The van der Waals surface area contributed by atoms with Crippen LogP contribution in [-0.4, -0.2) is 18.3 Å². The molecule has 0 aliphatic heterocycles. The lowest BCUT2D eigenvalue weighted by Gasteiger charge is -2.18. The van der Waals surface area contributed by atoms with Crippen LogP contribution >= 0.6 is 15.9 Å². The summed E-state index contributed by atoms with van der Waals surface area (Å²) in [6.07, 6.45) is 0.746. The number of benzene rings is 1. The molecule has 1 atom stereocenters. The van der Waals surface area contributed by atoms with Crippen molar-refractivity contribution in [2.24, 2.45) is 0 Å². The molecule has 0 amide bonds. The van der Waals surface area contributed by atoms with Gasteiger partial charge >= 0.3 is 0 Å². The first-order valence-corrected chi connectivity index (χ1v) is 5.67. The Morgan fingerprint density at radius 1 is 1.43 bits per heavy atom. The van der Waals surface area contributed by atoms with E-state index in [9.17, 15) is 0 Å². The minimum atomic E-state index is 0.207. The van der Waals surface area contributed by atoms with Crippen molar-refractivity contribution in [2.75, 3.05) is 13.2 Å². The Labute approximate surface area is 93.5 Å². The van der Waals surface area contributed by atoms with E-state index in [1.54, 1.807) is 0 Å². The van der Waals surface area contributed by atoms with Crippen LogP contribution in [0, 0.1) is 0 Å². The van der Waals surface area contributed by atoms with E-state index in [0.29, 0.717) is 0 Å². The zero-order valence-electron chi connectivity index (χ0n) is 8.33. The van der Waals surface area contributed by atoms with E-state index < -0.39 is 0 Å². The van der Waals surface area contributed by atoms with Crippen molar-refractivity contribution in [3.05, 3.63) is 34.3 Å². The van der Waals surface area contributed by atoms with Crippen LogP contribution < -0.4 is 5.32 Å². The minimum Gasteiger partial charge on any atom is -0.396 e. The van der Waals surface area contributed by atoms with E-state index in [4.69, 9.17) is 5.11 Å². The molecule has 0 bridgehead atoms. The Morgan fingerprint density at radius 3 is 2.71 bits per heavy atom. The van der Waals surface area contributed by atoms with E-state index in [2.05, 4.69) is 34.2 Å². The van der Waals surface area contributed by atoms with Crippen molar-refractivity contribution in [3.8, 4) is 0 Å². The molecule has 78 valence electrons. The molecule has 0 aliphatic rings. The summed E-state index contributed by atoms with van der Waals surface area (Å²) in [4.78, 5) is 0. The van der Waals surface area contributed by atoms with Gasteiger partial charge in [0.2, 0.25) is 0 Å². The summed E-state index contributed by atoms with van der Waals surface area (Å²) in [7, 11) is 0. The second-order valence-electron chi connectivity index (χ2n) is 3.14. The van der Waals surface area contributed by atoms with Gasteiger partial charge in [-0.3, -0.25) is 0 Å². The maximum absolute atomic E-state index is 8.96. The summed E-state index contributed by atoms with van der Waals surface area (Å²) in [5.41, 5.74) is 1.21. The van der Waals surface area contributed by atoms with Crippen molar-refractivity contribution in [1.82, 2.24) is 5.32 Å². The number of halogens is 1. The number of hydrogen-bond donors (Lipinski definition) is 2. The molecular weight excluding hydrogens is 242 g/mol. The van der Waals surface area contributed by atoms with Crippen molar-refractivity contribution in [2.45, 2.75) is 19.4 Å². The number of nitrogens with one attached hydrogen (secondary N) is 1. The van der Waals surface area contributed by atoms with Crippen LogP contribution in [0.5, 0.6) is 0 Å². The van der Waals surface area contributed by atoms with Crippen molar-refractivity contribution in [3.63, 3.8) is 0 Å². The van der Waals surface area contributed by atoms with E-state index in [0.717, 1.165) is 17.4 Å². The molecular formula is C11H16BrNO. The molecule has 2 nitrogen and oxygen atoms in total. The fraction of sp³-hybridized carbons (Fsp3) is 0.455. The molecule has 0 aromatic heterocycles. The Balaban J connectivity index is 2.81. The fourth-order valence-corrected chi connectivity index (χ4v) is 2.06. The summed E-state index contributed by atoms with van der Waals surface area (Å²) in [5, 5.41) is 12.3. The van der Waals surface area contributed by atoms with Crippen LogP contribution in [0.2, 0.25) is 0 Å². The molecule has 0 heterocycles. The Bertz CT molecular complexity index is 272. The number of aliphatic hydroxyl groups is 1. The molecule has 0 aliphatic carbocycles. The predicted molar refractivity (Wildman–Crippen MR) is 62.3 cm³/mol. The first kappa shape index (κ1) is 11.7. The SMILES string of the molecule is CCNC(CCO)c1ccccc1Br. The van der Waals surface area contributed by atoms with Gasteiger partial charge in [0.1, 0.15) is 0 Å². The van der Waals surface area contributed by atoms with Crippen LogP contribution in [0.15, 0.2) is 28.7 Å². The number of rotatable bonds is 5. The molecule has 1 aromatic rings. The third kappa shape index (κ3) is 3.08. The second kappa shape index (κ2) is 6.17. The highest BCUT2D eigenvalue weighted by Gasteiger charge is 2.11. The lowest BCUT2D eigenvalue weighted by atomic mass is 10.0. The van der Waals surface area contributed by atoms with Gasteiger partial charge in [0.05, 0.1) is 0 Å². The lowest BCUT2D eigenvalue weighted by Crippen LogP contribution is -2.22. The molecule has 1 aromatic carbocycles. The van der Waals surface area contributed by atoms with Crippen molar-refractivity contribution >= 4 is 15.9 Å². The van der Waals surface area contributed by atoms with Gasteiger partial charge in [-0.15, -0.1) is 0 Å². The zero-order valence-corrected chi connectivity index (χ0v) is 9.92. The summed E-state index contributed by atoms with van der Waals surface area (Å²) < 4.78 is 1.10. The molecule has 2 N–H and O–H groups in total. The normalized spacial score (nSPS) is 12.8. The van der Waals surface area contributed by atoms with Crippen LogP contribution in [0.3, 0.4) is 0 Å². The van der Waals surface area contributed by atoms with Crippen LogP contribution in [0.25, 0.3) is 0 Å². The minimum absolute atomic E-state index is 0.207. The zero-order chi connectivity index (χ0) is 10.4. The topological polar surface area (TPSA) is 32.3 Å². The largest absolute Gasteiger partial charge is 0.396 e. The second-order valence-corrected chi connectivity index (χ2v) is 4.00. The highest BCUT2D eigenvalue weighted by Crippen LogP contribution is 2.24. The van der Waals surface area contributed by atoms with E-state index >= 15 is 0 Å². The van der Waals surface area contributed by atoms with Crippen LogP contribution in [0.1, 0.15) is 24.9 Å². The maximum atomic E-state index is 8.96. The molecule has 1 rings (SSSR count). The van der Waals surface area contributed by atoms with E-state index in [1.165, 1.54) is 5.56 Å². The van der Waals surface area contributed by atoms with Crippen LogP contribution in [0.4, 0.5) is 0 Å². The van der Waals surface area contributed by atoms with E-state index in [-0.39, 0.29) is 12.6 Å². The molecule has 0 radical (unpaired) electrons. The highest BCUT2D eigenvalue weighted by atomic mass is 79.9. The number of aliphatic hydroxyl groups excluding tert-OH is 1. The smallest absolute Gasteiger partial charge is 0.0449 e. The van der Waals surface area contributed by atoms with Gasteiger partial charge in [-0.05, 0) is 24.6 Å². The molecule has 0 saturated heterocycles. The van der Waals surface area contributed by atoms with Gasteiger partial charge in [-0.25, -0.2) is 0 Å². The summed E-state index contributed by atoms with van der Waals surface area (Å²) in [6.45, 7) is 3.19. The molecule has 14 heavy (non-hydrogen) atoms. The average Bonchev–Trinajstić information content (AvgIpc) is 2.18. The quantitative estimate of drug-likeness (QED) is 0.850. The third-order valence-electron chi connectivity index (χ3n) is 2.15. The van der Waals surface area contributed by atoms with Crippen molar-refractivity contribution < 1.29 is 5.11 Å². The standard InChI is InChI=1S/C11H16BrNO/c1-2-13-11(7-8-14)9-5-3-4-6-10(9)12/h3-6,11,13-14H,2,7-8H2,1H3. The van der Waals surface area contributed by atoms with Gasteiger partial charge in [0.15, 0.2) is 0 Å². The molecule has 1 unspecified atom stereocenters. The monoisotopic (exact) mass is 257 g/mol. The molecule has 3 heteroatoms. The molecule has 0 spiro atoms. The van der Waals surface area contributed by atoms with Crippen molar-refractivity contribution in [1.29, 1.82) is 0 Å². The Hall–Kier alpha value is -0.380. The Kier molecular flexibility index (Phi) is 5.15. The van der Waals surface area contributed by atoms with Gasteiger partial charge < -0.3 is 10.4 Å². The van der Waals surface area contributed by atoms with Gasteiger partial charge in [0.25, 0.3) is 0 Å². The summed E-state index contributed by atoms with van der Waals surface area (Å²) in [5.74, 6) is 0. The summed E-state index contributed by atoms with van der Waals surface area (Å²) >= 11 is 3.52. The number of hydrogen-bond acceptors (Lipinski definition) is 2. The fourth-order valence-electron chi connectivity index (χ4n) is 1.50. The van der Waals surface area contributed by atoms with Gasteiger partial charge in [-0.2, -0.15) is 0 Å². The summed E-state index contributed by atoms with van der Waals surface area (Å²) in [6, 6.07) is 8.35. The predicted octanol–water partition coefficient (Wildman–Crippen LogP) is 2.48. The first-order valence-electron chi connectivity index (χ1n) is 4.88. The highest BCUT2D eigenvalue weighted by molar-refractivity contribution is 9.10. The average molecular weight is 258 g/mol. The third-order valence-corrected chi connectivity index (χ3v) is 2.87. The Morgan fingerprint density at radius 2 is 2.14 bits per heavy atom. The van der Waals surface area contributed by atoms with E-state index in [1.807, 2.05) is 18.2 Å². The van der Waals surface area contributed by atoms with Gasteiger partial charge in [0, 0.05) is 17.1 Å². The molecule has 0 fully saturated rings. The lowest BCUT2D eigenvalue weighted by molar-refractivity contribution is 0.266. The molecule has 0 saturated carbocycles. The van der Waals surface area contributed by atoms with Crippen LogP contribution in [-0.2, 0) is 0 Å². The first-order chi connectivity index (χ1) is 6.79. The van der Waals surface area contributed by atoms with Gasteiger partial charge in [-0.1, -0.05) is 41.1 Å².